The summed E-state index contributed by atoms with van der Waals surface area (Å²) in [5, 5.41) is 5.68. The number of hydrogen-bond acceptors (Lipinski definition) is 2. The Kier molecular flexibility index (Phi) is 6.50. The summed E-state index contributed by atoms with van der Waals surface area (Å²) in [5.74, 6) is -1.21. The summed E-state index contributed by atoms with van der Waals surface area (Å²) in [6, 6.07) is 12.2. The lowest BCUT2D eigenvalue weighted by atomic mass is 9.89. The lowest BCUT2D eigenvalue weighted by molar-refractivity contribution is -0.136. The maximum absolute atomic E-state index is 12.5. The van der Waals surface area contributed by atoms with Gasteiger partial charge in [0.1, 0.15) is 0 Å². The molecular weight excluding hydrogens is 348 g/mol. The van der Waals surface area contributed by atoms with E-state index in [-0.39, 0.29) is 6.04 Å². The molecule has 0 saturated heterocycles. The normalized spacial score (nSPS) is 14.1. The minimum atomic E-state index is -0.611. The van der Waals surface area contributed by atoms with E-state index in [1.54, 1.807) is 0 Å². The minimum Gasteiger partial charge on any atom is -0.341 e. The first-order valence-corrected chi connectivity index (χ1v) is 10.4. The van der Waals surface area contributed by atoms with Crippen LogP contribution in [-0.2, 0) is 35.3 Å². The first-order chi connectivity index (χ1) is 13.5. The molecule has 0 radical (unpaired) electrons. The molecule has 0 aliphatic heterocycles. The standard InChI is InChI=1S/C24H30N2O2/c1-4-17-11-8-12-18(5-2)22(17)26-24(28)23(27)25-16(3)20-14-13-19-9-6-7-10-21(19)15-20/h8,11-16H,4-7,9-10H2,1-3H3,(H,25,27)(H,26,28). The summed E-state index contributed by atoms with van der Waals surface area (Å²) in [5.41, 5.74) is 6.69. The van der Waals surface area contributed by atoms with Gasteiger partial charge < -0.3 is 10.6 Å². The SMILES string of the molecule is CCc1cccc(CC)c1NC(=O)C(=O)NC(C)c1ccc2c(c1)CCCC2. The van der Waals surface area contributed by atoms with Crippen molar-refractivity contribution in [2.75, 3.05) is 5.32 Å². The number of rotatable bonds is 5. The van der Waals surface area contributed by atoms with Crippen LogP contribution in [0.25, 0.3) is 0 Å². The van der Waals surface area contributed by atoms with Crippen LogP contribution >= 0.6 is 0 Å². The van der Waals surface area contributed by atoms with E-state index in [2.05, 4.69) is 28.8 Å². The average Bonchev–Trinajstić information content (AvgIpc) is 2.73. The van der Waals surface area contributed by atoms with Crippen LogP contribution in [-0.4, -0.2) is 11.8 Å². The highest BCUT2D eigenvalue weighted by molar-refractivity contribution is 6.39. The van der Waals surface area contributed by atoms with Gasteiger partial charge in [-0.25, -0.2) is 0 Å². The zero-order valence-electron chi connectivity index (χ0n) is 17.1. The van der Waals surface area contributed by atoms with Crippen molar-refractivity contribution in [3.8, 4) is 0 Å². The monoisotopic (exact) mass is 378 g/mol. The number of fused-ring (bicyclic) bond motifs is 1. The molecule has 2 amide bonds. The Morgan fingerprint density at radius 1 is 0.929 bits per heavy atom. The largest absolute Gasteiger partial charge is 0.341 e. The van der Waals surface area contributed by atoms with E-state index in [1.807, 2.05) is 39.0 Å². The fourth-order valence-electron chi connectivity index (χ4n) is 3.94. The molecule has 4 heteroatoms. The second kappa shape index (κ2) is 9.05. The van der Waals surface area contributed by atoms with Gasteiger partial charge >= 0.3 is 11.8 Å². The van der Waals surface area contributed by atoms with E-state index in [0.717, 1.165) is 48.1 Å². The van der Waals surface area contributed by atoms with Gasteiger partial charge in [-0.3, -0.25) is 9.59 Å². The molecule has 0 bridgehead atoms. The third-order valence-corrected chi connectivity index (χ3v) is 5.66. The van der Waals surface area contributed by atoms with Gasteiger partial charge in [0.05, 0.1) is 6.04 Å². The van der Waals surface area contributed by atoms with Crippen LogP contribution in [0, 0.1) is 0 Å². The third kappa shape index (κ3) is 4.44. The molecule has 2 aromatic rings. The van der Waals surface area contributed by atoms with E-state index in [9.17, 15) is 9.59 Å². The van der Waals surface area contributed by atoms with E-state index in [1.165, 1.54) is 24.0 Å². The molecule has 0 aromatic heterocycles. The maximum Gasteiger partial charge on any atom is 0.313 e. The van der Waals surface area contributed by atoms with Gasteiger partial charge in [-0.2, -0.15) is 0 Å². The summed E-state index contributed by atoms with van der Waals surface area (Å²) in [4.78, 5) is 25.0. The van der Waals surface area contributed by atoms with E-state index in [4.69, 9.17) is 0 Å². The van der Waals surface area contributed by atoms with E-state index in [0.29, 0.717) is 0 Å². The molecule has 1 unspecified atom stereocenters. The lowest BCUT2D eigenvalue weighted by Gasteiger charge is -2.20. The number of nitrogens with one attached hydrogen (secondary N) is 2. The Hall–Kier alpha value is -2.62. The van der Waals surface area contributed by atoms with E-state index < -0.39 is 11.8 Å². The minimum absolute atomic E-state index is 0.211. The van der Waals surface area contributed by atoms with Gasteiger partial charge in [-0.1, -0.05) is 50.2 Å². The molecule has 4 nitrogen and oxygen atoms in total. The van der Waals surface area contributed by atoms with Crippen LogP contribution in [0.2, 0.25) is 0 Å². The summed E-state index contributed by atoms with van der Waals surface area (Å²) in [6.45, 7) is 6.01. The van der Waals surface area contributed by atoms with Crippen LogP contribution in [0.5, 0.6) is 0 Å². The van der Waals surface area contributed by atoms with Gasteiger partial charge in [0, 0.05) is 5.69 Å². The maximum atomic E-state index is 12.5. The van der Waals surface area contributed by atoms with Crippen molar-refractivity contribution in [3.05, 3.63) is 64.2 Å². The van der Waals surface area contributed by atoms with Gasteiger partial charge in [0.15, 0.2) is 0 Å². The molecule has 0 spiro atoms. The lowest BCUT2D eigenvalue weighted by Crippen LogP contribution is -2.37. The fourth-order valence-corrected chi connectivity index (χ4v) is 3.94. The topological polar surface area (TPSA) is 58.2 Å². The highest BCUT2D eigenvalue weighted by Gasteiger charge is 2.20. The van der Waals surface area contributed by atoms with Crippen molar-refractivity contribution in [3.63, 3.8) is 0 Å². The van der Waals surface area contributed by atoms with Crippen LogP contribution in [0.3, 0.4) is 0 Å². The average molecular weight is 379 g/mol. The molecule has 1 atom stereocenters. The molecule has 3 rings (SSSR count). The van der Waals surface area contributed by atoms with E-state index >= 15 is 0 Å². The van der Waals surface area contributed by atoms with Crippen LogP contribution < -0.4 is 10.6 Å². The number of hydrogen-bond donors (Lipinski definition) is 2. The molecule has 2 N–H and O–H groups in total. The number of amides is 2. The second-order valence-electron chi connectivity index (χ2n) is 7.54. The molecule has 148 valence electrons. The Morgan fingerprint density at radius 3 is 2.21 bits per heavy atom. The van der Waals surface area contributed by atoms with Crippen molar-refractivity contribution < 1.29 is 9.59 Å². The Morgan fingerprint density at radius 2 is 1.57 bits per heavy atom. The molecule has 1 aliphatic rings. The van der Waals surface area contributed by atoms with Crippen LogP contribution in [0.1, 0.15) is 67.5 Å². The molecule has 1 aliphatic carbocycles. The number of benzene rings is 2. The van der Waals surface area contributed by atoms with Crippen molar-refractivity contribution in [2.45, 2.75) is 65.3 Å². The van der Waals surface area contributed by atoms with Crippen molar-refractivity contribution in [1.29, 1.82) is 0 Å². The number of carbonyl (C=O) groups is 2. The number of carbonyl (C=O) groups excluding carboxylic acids is 2. The first-order valence-electron chi connectivity index (χ1n) is 10.4. The smallest absolute Gasteiger partial charge is 0.313 e. The Bertz CT molecular complexity index is 851. The summed E-state index contributed by atoms with van der Waals surface area (Å²) < 4.78 is 0. The Balaban J connectivity index is 1.68. The van der Waals surface area contributed by atoms with Crippen molar-refractivity contribution in [1.82, 2.24) is 5.32 Å². The van der Waals surface area contributed by atoms with Crippen molar-refractivity contribution in [2.24, 2.45) is 0 Å². The molecule has 0 fully saturated rings. The summed E-state index contributed by atoms with van der Waals surface area (Å²) in [7, 11) is 0. The quantitative estimate of drug-likeness (QED) is 0.752. The van der Waals surface area contributed by atoms with Crippen LogP contribution in [0.4, 0.5) is 5.69 Å². The van der Waals surface area contributed by atoms with Gasteiger partial charge in [0.25, 0.3) is 0 Å². The Labute approximate surface area is 167 Å². The molecular formula is C24H30N2O2. The number of para-hydroxylation sites is 1. The second-order valence-corrected chi connectivity index (χ2v) is 7.54. The zero-order chi connectivity index (χ0) is 20.1. The summed E-state index contributed by atoms with van der Waals surface area (Å²) >= 11 is 0. The van der Waals surface area contributed by atoms with Gasteiger partial charge in [0.2, 0.25) is 0 Å². The highest BCUT2D eigenvalue weighted by atomic mass is 16.2. The van der Waals surface area contributed by atoms with Gasteiger partial charge in [-0.15, -0.1) is 0 Å². The summed E-state index contributed by atoms with van der Waals surface area (Å²) in [6.07, 6.45) is 6.30. The highest BCUT2D eigenvalue weighted by Crippen LogP contribution is 2.25. The van der Waals surface area contributed by atoms with Gasteiger partial charge in [-0.05, 0) is 73.3 Å². The third-order valence-electron chi connectivity index (χ3n) is 5.66. The van der Waals surface area contributed by atoms with Crippen molar-refractivity contribution >= 4 is 17.5 Å². The predicted octanol–water partition coefficient (Wildman–Crippen LogP) is 4.51. The zero-order valence-corrected chi connectivity index (χ0v) is 17.1. The molecule has 0 heterocycles. The number of anilines is 1. The fraction of sp³-hybridized carbons (Fsp3) is 0.417. The first kappa shape index (κ1) is 20.1. The molecule has 28 heavy (non-hydrogen) atoms. The predicted molar refractivity (Wildman–Crippen MR) is 113 cm³/mol. The molecule has 2 aromatic carbocycles. The molecule has 0 saturated carbocycles. The number of aryl methyl sites for hydroxylation is 4. The van der Waals surface area contributed by atoms with Crippen LogP contribution in [0.15, 0.2) is 36.4 Å².